The quantitative estimate of drug-likeness (QED) is 0.242. The van der Waals surface area contributed by atoms with Crippen molar-refractivity contribution in [2.45, 2.75) is 25.3 Å². The van der Waals surface area contributed by atoms with E-state index in [9.17, 15) is 19.2 Å². The number of amides is 4. The normalized spacial score (nSPS) is 16.4. The molecule has 1 fully saturated rings. The van der Waals surface area contributed by atoms with Gasteiger partial charge < -0.3 is 4.90 Å². The minimum atomic E-state index is -0.233. The first-order valence-corrected chi connectivity index (χ1v) is 15.1. The number of imide groups is 2. The van der Waals surface area contributed by atoms with E-state index in [1.54, 1.807) is 12.1 Å². The van der Waals surface area contributed by atoms with Gasteiger partial charge in [0.1, 0.15) is 0 Å². The summed E-state index contributed by atoms with van der Waals surface area (Å²) in [5.41, 5.74) is 2.36. The van der Waals surface area contributed by atoms with E-state index in [-0.39, 0.29) is 23.6 Å². The van der Waals surface area contributed by atoms with Crippen LogP contribution >= 0.6 is 0 Å². The average molecular weight is 575 g/mol. The second kappa shape index (κ2) is 11.0. The van der Waals surface area contributed by atoms with E-state index in [4.69, 9.17) is 0 Å². The van der Waals surface area contributed by atoms with E-state index >= 15 is 0 Å². The largest absolute Gasteiger partial charge is 0.305 e. The summed E-state index contributed by atoms with van der Waals surface area (Å²) in [6.45, 7) is 3.59. The van der Waals surface area contributed by atoms with Crippen LogP contribution in [0.4, 0.5) is 0 Å². The summed E-state index contributed by atoms with van der Waals surface area (Å²) in [6, 6.07) is 22.9. The molecule has 43 heavy (non-hydrogen) atoms. The lowest BCUT2D eigenvalue weighted by Gasteiger charge is -2.31. The summed E-state index contributed by atoms with van der Waals surface area (Å²) in [4.78, 5) is 60.4. The van der Waals surface area contributed by atoms with Crippen LogP contribution in [0.25, 0.3) is 21.5 Å². The Morgan fingerprint density at radius 1 is 0.581 bits per heavy atom. The van der Waals surface area contributed by atoms with Gasteiger partial charge in [-0.3, -0.25) is 33.9 Å². The molecule has 4 aromatic rings. The number of carbonyl (C=O) groups is 4. The monoisotopic (exact) mass is 574 g/mol. The van der Waals surface area contributed by atoms with E-state index < -0.39 is 0 Å². The van der Waals surface area contributed by atoms with Crippen LogP contribution in [-0.4, -0.2) is 95.6 Å². The van der Waals surface area contributed by atoms with Crippen LogP contribution in [0.15, 0.2) is 72.8 Å². The molecular weight excluding hydrogens is 540 g/mol. The number of rotatable bonds is 11. The Hall–Kier alpha value is -4.40. The molecule has 4 aromatic carbocycles. The van der Waals surface area contributed by atoms with E-state index in [1.807, 2.05) is 67.7 Å². The first-order chi connectivity index (χ1) is 20.9. The topological polar surface area (TPSA) is 81.2 Å². The van der Waals surface area contributed by atoms with Crippen molar-refractivity contribution in [1.82, 2.24) is 19.6 Å². The molecule has 218 valence electrons. The molecule has 0 spiro atoms. The van der Waals surface area contributed by atoms with Gasteiger partial charge in [-0.25, -0.2) is 0 Å². The van der Waals surface area contributed by atoms with Crippen LogP contribution in [0.3, 0.4) is 0 Å². The predicted molar refractivity (Wildman–Crippen MR) is 165 cm³/mol. The fourth-order valence-electron chi connectivity index (χ4n) is 6.64. The second-order valence-corrected chi connectivity index (χ2v) is 11.9. The zero-order valence-corrected chi connectivity index (χ0v) is 24.3. The van der Waals surface area contributed by atoms with Gasteiger partial charge in [0.25, 0.3) is 23.6 Å². The summed E-state index contributed by atoms with van der Waals surface area (Å²) in [7, 11) is 2.01. The Kier molecular flexibility index (Phi) is 7.03. The van der Waals surface area contributed by atoms with Crippen LogP contribution in [0.5, 0.6) is 0 Å². The average Bonchev–Trinajstić information content (AvgIpc) is 3.87. The number of likely N-dealkylation sites (N-methyl/N-ethyl adjacent to an activating group) is 1. The summed E-state index contributed by atoms with van der Waals surface area (Å²) < 4.78 is 0. The number of benzene rings is 4. The third kappa shape index (κ3) is 4.90. The maximum Gasteiger partial charge on any atom is 0.261 e. The third-order valence-electron chi connectivity index (χ3n) is 9.08. The predicted octanol–water partition coefficient (Wildman–Crippen LogP) is 4.67. The van der Waals surface area contributed by atoms with Crippen molar-refractivity contribution in [1.29, 1.82) is 0 Å². The van der Waals surface area contributed by atoms with Gasteiger partial charge in [0.2, 0.25) is 0 Å². The van der Waals surface area contributed by atoms with Crippen molar-refractivity contribution < 1.29 is 19.2 Å². The molecule has 0 unspecified atom stereocenters. The minimum Gasteiger partial charge on any atom is -0.305 e. The molecule has 2 aliphatic heterocycles. The summed E-state index contributed by atoms with van der Waals surface area (Å²) in [5, 5.41) is 3.33. The molecular formula is C35H34N4O4. The molecule has 4 amide bonds. The maximum absolute atomic E-state index is 13.3. The summed E-state index contributed by atoms with van der Waals surface area (Å²) in [6.07, 6.45) is 3.17. The van der Waals surface area contributed by atoms with E-state index in [0.717, 1.165) is 53.9 Å². The van der Waals surface area contributed by atoms with Crippen molar-refractivity contribution in [2.24, 2.45) is 0 Å². The SMILES string of the molecule is CN(CCCN(CCN1C(=O)c2cccc3cccc(c23)C1=O)C1CC1)CCN1C(=O)c2cccc3cccc(c23)C1=O. The Labute approximate surface area is 250 Å². The van der Waals surface area contributed by atoms with Gasteiger partial charge in [-0.15, -0.1) is 0 Å². The van der Waals surface area contributed by atoms with Crippen molar-refractivity contribution in [2.75, 3.05) is 46.3 Å². The van der Waals surface area contributed by atoms with Gasteiger partial charge in [-0.1, -0.05) is 48.5 Å². The lowest BCUT2D eigenvalue weighted by atomic mass is 9.94. The van der Waals surface area contributed by atoms with E-state index in [2.05, 4.69) is 9.80 Å². The molecule has 0 radical (unpaired) electrons. The second-order valence-electron chi connectivity index (χ2n) is 11.9. The summed E-state index contributed by atoms with van der Waals surface area (Å²) >= 11 is 0. The highest BCUT2D eigenvalue weighted by Gasteiger charge is 2.35. The standard InChI is InChI=1S/C35H34N4O4/c1-36(19-21-38-32(40)26-11-2-7-23-8-3-12-27(30(23)26)33(38)41)17-6-18-37(25-15-16-25)20-22-39-34(42)28-13-4-9-24-10-5-14-29(31(24)28)35(39)43/h2-5,7-14,25H,6,15-22H2,1H3. The number of hydrogen-bond donors (Lipinski definition) is 0. The lowest BCUT2D eigenvalue weighted by Crippen LogP contribution is -2.45. The van der Waals surface area contributed by atoms with Crippen LogP contribution < -0.4 is 0 Å². The number of carbonyl (C=O) groups excluding carboxylic acids is 4. The molecule has 1 aliphatic carbocycles. The van der Waals surface area contributed by atoms with E-state index in [1.165, 1.54) is 9.80 Å². The highest BCUT2D eigenvalue weighted by Crippen LogP contribution is 2.32. The van der Waals surface area contributed by atoms with Gasteiger partial charge >= 0.3 is 0 Å². The zero-order chi connectivity index (χ0) is 29.7. The Bertz CT molecular complexity index is 1690. The highest BCUT2D eigenvalue weighted by molar-refractivity contribution is 6.26. The summed E-state index contributed by atoms with van der Waals surface area (Å²) in [5.74, 6) is -0.901. The van der Waals surface area contributed by atoms with Crippen molar-refractivity contribution in [3.63, 3.8) is 0 Å². The lowest BCUT2D eigenvalue weighted by molar-refractivity contribution is 0.0582. The first-order valence-electron chi connectivity index (χ1n) is 15.1. The fourth-order valence-corrected chi connectivity index (χ4v) is 6.64. The molecule has 3 aliphatic rings. The molecule has 0 N–H and O–H groups in total. The molecule has 0 atom stereocenters. The van der Waals surface area contributed by atoms with Gasteiger partial charge in [-0.05, 0) is 74.4 Å². The van der Waals surface area contributed by atoms with Crippen molar-refractivity contribution in [3.8, 4) is 0 Å². The molecule has 0 aromatic heterocycles. The van der Waals surface area contributed by atoms with Crippen LogP contribution in [0.2, 0.25) is 0 Å². The smallest absolute Gasteiger partial charge is 0.261 e. The van der Waals surface area contributed by atoms with Gasteiger partial charge in [0, 0.05) is 65.2 Å². The molecule has 2 heterocycles. The first kappa shape index (κ1) is 27.4. The Morgan fingerprint density at radius 3 is 1.42 bits per heavy atom. The molecule has 1 saturated carbocycles. The van der Waals surface area contributed by atoms with Crippen LogP contribution in [0.1, 0.15) is 60.7 Å². The Morgan fingerprint density at radius 2 is 1.00 bits per heavy atom. The maximum atomic E-state index is 13.3. The van der Waals surface area contributed by atoms with Gasteiger partial charge in [-0.2, -0.15) is 0 Å². The van der Waals surface area contributed by atoms with Crippen molar-refractivity contribution in [3.05, 3.63) is 95.1 Å². The van der Waals surface area contributed by atoms with Crippen molar-refractivity contribution >= 4 is 45.2 Å². The zero-order valence-electron chi connectivity index (χ0n) is 24.3. The molecule has 7 rings (SSSR count). The molecule has 8 heteroatoms. The number of nitrogens with zero attached hydrogens (tertiary/aromatic N) is 4. The molecule has 0 saturated heterocycles. The fraction of sp³-hybridized carbons (Fsp3) is 0.314. The molecule has 0 bridgehead atoms. The minimum absolute atomic E-state index is 0.217. The van der Waals surface area contributed by atoms with Crippen LogP contribution in [-0.2, 0) is 0 Å². The van der Waals surface area contributed by atoms with Crippen LogP contribution in [0, 0.1) is 0 Å². The molecule has 8 nitrogen and oxygen atoms in total. The van der Waals surface area contributed by atoms with Gasteiger partial charge in [0.05, 0.1) is 0 Å². The van der Waals surface area contributed by atoms with E-state index in [0.29, 0.717) is 54.5 Å². The van der Waals surface area contributed by atoms with Gasteiger partial charge in [0.15, 0.2) is 0 Å². The Balaban J connectivity index is 0.933. The highest BCUT2D eigenvalue weighted by atomic mass is 16.2. The number of hydrogen-bond acceptors (Lipinski definition) is 6. The third-order valence-corrected chi connectivity index (χ3v) is 9.08.